The molecule has 1 aliphatic heterocycles. The van der Waals surface area contributed by atoms with Gasteiger partial charge in [-0.25, -0.2) is 0 Å². The van der Waals surface area contributed by atoms with Crippen LogP contribution in [0.3, 0.4) is 0 Å². The summed E-state index contributed by atoms with van der Waals surface area (Å²) in [6.45, 7) is 0. The third-order valence-electron chi connectivity index (χ3n) is 4.54. The number of carbonyl (C=O) groups excluding carboxylic acids is 2. The molecule has 4 rings (SSSR count). The molecule has 5 nitrogen and oxygen atoms in total. The van der Waals surface area contributed by atoms with Gasteiger partial charge in [-0.1, -0.05) is 48.6 Å². The van der Waals surface area contributed by atoms with Crippen molar-refractivity contribution in [2.24, 2.45) is 5.73 Å². The van der Waals surface area contributed by atoms with Gasteiger partial charge < -0.3 is 15.8 Å². The van der Waals surface area contributed by atoms with Gasteiger partial charge in [-0.3, -0.25) is 9.59 Å². The zero-order chi connectivity index (χ0) is 17.4. The van der Waals surface area contributed by atoms with Crippen LogP contribution in [0.5, 0.6) is 0 Å². The largest absolute Gasteiger partial charge is 0.409 e. The molecule has 0 aromatic heterocycles. The third-order valence-corrected chi connectivity index (χ3v) is 4.54. The molecule has 2 aromatic carbocycles. The van der Waals surface area contributed by atoms with Crippen LogP contribution in [0, 0.1) is 0 Å². The van der Waals surface area contributed by atoms with Crippen molar-refractivity contribution in [3.8, 4) is 0 Å². The first-order chi connectivity index (χ1) is 12.2. The molecule has 2 atom stereocenters. The molecule has 0 radical (unpaired) electrons. The number of hydrogen-bond donors (Lipinski definition) is 2. The van der Waals surface area contributed by atoms with Gasteiger partial charge in [0, 0.05) is 6.20 Å². The number of carbonyl (C=O) groups is 2. The normalized spacial score (nSPS) is 19.9. The minimum Gasteiger partial charge on any atom is -0.409 e. The van der Waals surface area contributed by atoms with Crippen LogP contribution in [0.1, 0.15) is 23.0 Å². The van der Waals surface area contributed by atoms with Crippen LogP contribution in [0.4, 0.5) is 0 Å². The highest BCUT2D eigenvalue weighted by atomic mass is 35.5. The van der Waals surface area contributed by atoms with Gasteiger partial charge >= 0.3 is 5.97 Å². The van der Waals surface area contributed by atoms with E-state index in [0.29, 0.717) is 5.88 Å². The van der Waals surface area contributed by atoms with Gasteiger partial charge in [0.15, 0.2) is 0 Å². The summed E-state index contributed by atoms with van der Waals surface area (Å²) in [5.74, 6) is -2.21. The number of amides is 1. The van der Waals surface area contributed by atoms with Crippen LogP contribution < -0.4 is 11.1 Å². The van der Waals surface area contributed by atoms with Gasteiger partial charge in [-0.05, 0) is 34.1 Å². The molecule has 0 fully saturated rings. The Morgan fingerprint density at radius 1 is 0.962 bits per heavy atom. The third kappa shape index (κ3) is 2.86. The summed E-state index contributed by atoms with van der Waals surface area (Å²) in [7, 11) is 0. The monoisotopic (exact) mass is 368 g/mol. The molecule has 3 N–H and O–H groups in total. The maximum Gasteiger partial charge on any atom is 0.321 e. The van der Waals surface area contributed by atoms with Crippen molar-refractivity contribution < 1.29 is 14.3 Å². The number of rotatable bonds is 3. The average Bonchev–Trinajstić information content (AvgIpc) is 2.75. The smallest absolute Gasteiger partial charge is 0.321 e. The molecule has 132 valence electrons. The fraction of sp³-hybridized carbons (Fsp3) is 0.100. The van der Waals surface area contributed by atoms with E-state index in [1.54, 1.807) is 24.4 Å². The molecule has 6 heteroatoms. The second-order valence-corrected chi connectivity index (χ2v) is 5.99. The lowest BCUT2D eigenvalue weighted by Crippen LogP contribution is -2.30. The van der Waals surface area contributed by atoms with Crippen LogP contribution in [0.15, 0.2) is 72.8 Å². The zero-order valence-corrected chi connectivity index (χ0v) is 14.5. The number of halogens is 1. The average molecular weight is 369 g/mol. The lowest BCUT2D eigenvalue weighted by atomic mass is 9.89. The standard InChI is InChI=1S/C20H16N2O3.ClH/c21-19(23)17-13-8-4-6-12-7-5-9-14(16(12)13)18(17)20(24)25-15-10-2-1-3-11-22-15;/h1-11,17-18,22H,(H2,21,23);1H. The number of ether oxygens (including phenoxy) is 1. The van der Waals surface area contributed by atoms with Crippen molar-refractivity contribution in [1.29, 1.82) is 0 Å². The molecule has 26 heavy (non-hydrogen) atoms. The first-order valence-corrected chi connectivity index (χ1v) is 7.99. The minimum absolute atomic E-state index is 0. The van der Waals surface area contributed by atoms with Crippen molar-refractivity contribution in [3.05, 3.63) is 83.9 Å². The van der Waals surface area contributed by atoms with E-state index in [1.165, 1.54) is 0 Å². The maximum atomic E-state index is 12.9. The molecule has 0 saturated heterocycles. The van der Waals surface area contributed by atoms with Gasteiger partial charge in [0.05, 0.1) is 11.8 Å². The van der Waals surface area contributed by atoms with Gasteiger partial charge in [-0.15, -0.1) is 12.4 Å². The summed E-state index contributed by atoms with van der Waals surface area (Å²) < 4.78 is 5.50. The van der Waals surface area contributed by atoms with E-state index in [-0.39, 0.29) is 12.4 Å². The van der Waals surface area contributed by atoms with E-state index in [9.17, 15) is 9.59 Å². The molecule has 2 aliphatic rings. The Bertz CT molecular complexity index is 973. The first-order valence-electron chi connectivity index (χ1n) is 7.99. The van der Waals surface area contributed by atoms with E-state index in [4.69, 9.17) is 10.5 Å². The predicted octanol–water partition coefficient (Wildman–Crippen LogP) is 2.99. The van der Waals surface area contributed by atoms with Crippen LogP contribution in [-0.2, 0) is 14.3 Å². The van der Waals surface area contributed by atoms with E-state index < -0.39 is 23.7 Å². The molecule has 2 unspecified atom stereocenters. The SMILES string of the molecule is Cl.NC(=O)C1c2cccc3cccc(c23)C1C(=O)OC1=CC=CC=CN1. The van der Waals surface area contributed by atoms with Crippen LogP contribution in [0.2, 0.25) is 0 Å². The fourth-order valence-corrected chi connectivity index (χ4v) is 3.53. The highest BCUT2D eigenvalue weighted by Crippen LogP contribution is 2.47. The molecule has 1 amide bonds. The molecule has 2 aromatic rings. The topological polar surface area (TPSA) is 81.4 Å². The lowest BCUT2D eigenvalue weighted by molar-refractivity contribution is -0.143. The highest BCUT2D eigenvalue weighted by molar-refractivity contribution is 6.05. The van der Waals surface area contributed by atoms with E-state index in [2.05, 4.69) is 5.32 Å². The summed E-state index contributed by atoms with van der Waals surface area (Å²) in [5, 5.41) is 4.78. The van der Waals surface area contributed by atoms with E-state index in [0.717, 1.165) is 21.9 Å². The predicted molar refractivity (Wildman–Crippen MR) is 101 cm³/mol. The second-order valence-electron chi connectivity index (χ2n) is 5.99. The van der Waals surface area contributed by atoms with Crippen molar-refractivity contribution >= 4 is 35.1 Å². The molecule has 0 bridgehead atoms. The quantitative estimate of drug-likeness (QED) is 0.816. The number of esters is 1. The Labute approximate surface area is 156 Å². The number of primary amides is 1. The lowest BCUT2D eigenvalue weighted by Gasteiger charge is -2.18. The number of nitrogens with one attached hydrogen (secondary N) is 1. The Hall–Kier alpha value is -3.05. The summed E-state index contributed by atoms with van der Waals surface area (Å²) in [6.07, 6.45) is 8.68. The van der Waals surface area contributed by atoms with E-state index >= 15 is 0 Å². The number of benzene rings is 2. The molecular formula is C20H17ClN2O3. The highest BCUT2D eigenvalue weighted by Gasteiger charge is 2.43. The van der Waals surface area contributed by atoms with Gasteiger partial charge in [0.2, 0.25) is 11.8 Å². The first kappa shape index (κ1) is 17.8. The zero-order valence-electron chi connectivity index (χ0n) is 13.7. The van der Waals surface area contributed by atoms with Crippen molar-refractivity contribution in [1.82, 2.24) is 5.32 Å². The number of nitrogens with two attached hydrogens (primary N) is 1. The van der Waals surface area contributed by atoms with Gasteiger partial charge in [0.25, 0.3) is 0 Å². The van der Waals surface area contributed by atoms with Gasteiger partial charge in [0.1, 0.15) is 0 Å². The Balaban J connectivity index is 0.00000196. The number of allylic oxidation sites excluding steroid dienone is 4. The summed E-state index contributed by atoms with van der Waals surface area (Å²) >= 11 is 0. The Morgan fingerprint density at radius 2 is 1.65 bits per heavy atom. The fourth-order valence-electron chi connectivity index (χ4n) is 3.53. The van der Waals surface area contributed by atoms with Crippen molar-refractivity contribution in [2.45, 2.75) is 11.8 Å². The maximum absolute atomic E-state index is 12.9. The van der Waals surface area contributed by atoms with E-state index in [1.807, 2.05) is 42.5 Å². The second kappa shape index (κ2) is 7.06. The molecule has 0 saturated carbocycles. The van der Waals surface area contributed by atoms with Crippen molar-refractivity contribution in [2.75, 3.05) is 0 Å². The Kier molecular flexibility index (Phi) is 4.82. The molecule has 0 spiro atoms. The summed E-state index contributed by atoms with van der Waals surface area (Å²) in [6, 6.07) is 11.4. The summed E-state index contributed by atoms with van der Waals surface area (Å²) in [5.41, 5.74) is 7.20. The Morgan fingerprint density at radius 3 is 2.35 bits per heavy atom. The number of hydrogen-bond acceptors (Lipinski definition) is 4. The van der Waals surface area contributed by atoms with Crippen LogP contribution >= 0.6 is 12.4 Å². The minimum atomic E-state index is -0.752. The molecular weight excluding hydrogens is 352 g/mol. The molecule has 1 heterocycles. The summed E-state index contributed by atoms with van der Waals surface area (Å²) in [4.78, 5) is 25.0. The van der Waals surface area contributed by atoms with Crippen LogP contribution in [0.25, 0.3) is 10.8 Å². The van der Waals surface area contributed by atoms with Gasteiger partial charge in [-0.2, -0.15) is 0 Å². The van der Waals surface area contributed by atoms with Crippen molar-refractivity contribution in [3.63, 3.8) is 0 Å². The van der Waals surface area contributed by atoms with Crippen LogP contribution in [-0.4, -0.2) is 11.9 Å². The molecule has 1 aliphatic carbocycles.